The van der Waals surface area contributed by atoms with Gasteiger partial charge in [0.2, 0.25) is 0 Å². The number of pyridine rings is 1. The molecule has 0 spiro atoms. The van der Waals surface area contributed by atoms with Crippen LogP contribution in [0.5, 0.6) is 0 Å². The molecular weight excluding hydrogens is 248 g/mol. The molecule has 1 rings (SSSR count). The lowest BCUT2D eigenvalue weighted by atomic mass is 9.81. The lowest BCUT2D eigenvalue weighted by molar-refractivity contribution is 0.170. The van der Waals surface area contributed by atoms with Gasteiger partial charge in [0.15, 0.2) is 0 Å². The fourth-order valence-corrected chi connectivity index (χ4v) is 3.04. The van der Waals surface area contributed by atoms with Gasteiger partial charge in [-0.25, -0.2) is 0 Å². The van der Waals surface area contributed by atoms with Crippen molar-refractivity contribution in [3.05, 3.63) is 29.6 Å². The first-order valence-electron chi connectivity index (χ1n) is 7.12. The van der Waals surface area contributed by atoms with Gasteiger partial charge < -0.3 is 14.7 Å². The fraction of sp³-hybridized carbons (Fsp3) is 0.688. The van der Waals surface area contributed by atoms with Crippen LogP contribution in [0.15, 0.2) is 18.3 Å². The minimum absolute atomic E-state index is 0.0164. The standard InChI is InChI=1S/C16H30N4/c1-14-8-9-17-15(10-14)16(11-18(2)3,12-19(4)5)13-20(6)7/h8-10H,11-13H2,1-7H3. The molecule has 1 aromatic heterocycles. The van der Waals surface area contributed by atoms with E-state index < -0.39 is 0 Å². The Kier molecular flexibility index (Phi) is 6.11. The first-order chi connectivity index (χ1) is 9.25. The molecule has 0 radical (unpaired) electrons. The van der Waals surface area contributed by atoms with Gasteiger partial charge in [0.1, 0.15) is 0 Å². The Morgan fingerprint density at radius 1 is 0.900 bits per heavy atom. The van der Waals surface area contributed by atoms with Gasteiger partial charge >= 0.3 is 0 Å². The Labute approximate surface area is 124 Å². The molecule has 0 aliphatic rings. The molecule has 20 heavy (non-hydrogen) atoms. The van der Waals surface area contributed by atoms with Gasteiger partial charge in [-0.15, -0.1) is 0 Å². The van der Waals surface area contributed by atoms with E-state index in [1.807, 2.05) is 6.20 Å². The Balaban J connectivity index is 3.26. The first-order valence-corrected chi connectivity index (χ1v) is 7.12. The molecule has 0 fully saturated rings. The minimum Gasteiger partial charge on any atom is -0.308 e. The van der Waals surface area contributed by atoms with Crippen molar-refractivity contribution in [2.24, 2.45) is 0 Å². The summed E-state index contributed by atoms with van der Waals surface area (Å²) in [6.45, 7) is 5.09. The van der Waals surface area contributed by atoms with Gasteiger partial charge in [0.05, 0.1) is 11.1 Å². The summed E-state index contributed by atoms with van der Waals surface area (Å²) in [6.07, 6.45) is 1.93. The van der Waals surface area contributed by atoms with Crippen molar-refractivity contribution in [1.29, 1.82) is 0 Å². The second-order valence-electron chi connectivity index (χ2n) is 6.71. The molecular formula is C16H30N4. The van der Waals surface area contributed by atoms with Crippen LogP contribution in [0.4, 0.5) is 0 Å². The number of rotatable bonds is 7. The van der Waals surface area contributed by atoms with Crippen LogP contribution in [0.3, 0.4) is 0 Å². The maximum absolute atomic E-state index is 4.69. The summed E-state index contributed by atoms with van der Waals surface area (Å²) in [5, 5.41) is 0. The predicted octanol–water partition coefficient (Wildman–Crippen LogP) is 1.31. The summed E-state index contributed by atoms with van der Waals surface area (Å²) in [7, 11) is 12.8. The highest BCUT2D eigenvalue weighted by Gasteiger charge is 2.35. The molecule has 1 heterocycles. The molecule has 0 N–H and O–H groups in total. The van der Waals surface area contributed by atoms with E-state index >= 15 is 0 Å². The van der Waals surface area contributed by atoms with E-state index in [0.29, 0.717) is 0 Å². The quantitative estimate of drug-likeness (QED) is 0.750. The van der Waals surface area contributed by atoms with Crippen molar-refractivity contribution in [3.63, 3.8) is 0 Å². The molecule has 0 aromatic carbocycles. The first kappa shape index (κ1) is 17.1. The van der Waals surface area contributed by atoms with Crippen molar-refractivity contribution in [3.8, 4) is 0 Å². The molecule has 0 atom stereocenters. The maximum atomic E-state index is 4.69. The average molecular weight is 278 g/mol. The summed E-state index contributed by atoms with van der Waals surface area (Å²) in [5.41, 5.74) is 2.48. The highest BCUT2D eigenvalue weighted by atomic mass is 15.2. The normalized spacial score (nSPS) is 12.7. The number of hydrogen-bond donors (Lipinski definition) is 0. The van der Waals surface area contributed by atoms with Gasteiger partial charge in [-0.3, -0.25) is 4.98 Å². The summed E-state index contributed by atoms with van der Waals surface area (Å²) >= 11 is 0. The number of nitrogens with zero attached hydrogens (tertiary/aromatic N) is 4. The van der Waals surface area contributed by atoms with Gasteiger partial charge in [-0.05, 0) is 66.9 Å². The predicted molar refractivity (Wildman–Crippen MR) is 86.3 cm³/mol. The zero-order valence-corrected chi connectivity index (χ0v) is 14.1. The van der Waals surface area contributed by atoms with Gasteiger partial charge in [-0.2, -0.15) is 0 Å². The van der Waals surface area contributed by atoms with Crippen molar-refractivity contribution < 1.29 is 0 Å². The summed E-state index contributed by atoms with van der Waals surface area (Å²) in [6, 6.07) is 4.30. The molecule has 0 aliphatic carbocycles. The lowest BCUT2D eigenvalue weighted by Gasteiger charge is -2.40. The van der Waals surface area contributed by atoms with Crippen LogP contribution in [-0.2, 0) is 5.41 Å². The molecule has 114 valence electrons. The van der Waals surface area contributed by atoms with Crippen LogP contribution in [0.1, 0.15) is 11.3 Å². The smallest absolute Gasteiger partial charge is 0.0506 e. The highest BCUT2D eigenvalue weighted by molar-refractivity contribution is 5.24. The van der Waals surface area contributed by atoms with E-state index in [-0.39, 0.29) is 5.41 Å². The zero-order valence-electron chi connectivity index (χ0n) is 14.1. The van der Waals surface area contributed by atoms with Gasteiger partial charge in [0, 0.05) is 25.8 Å². The Bertz CT molecular complexity index is 386. The van der Waals surface area contributed by atoms with Crippen molar-refractivity contribution in [1.82, 2.24) is 19.7 Å². The van der Waals surface area contributed by atoms with Crippen molar-refractivity contribution >= 4 is 0 Å². The van der Waals surface area contributed by atoms with Gasteiger partial charge in [0.25, 0.3) is 0 Å². The second-order valence-corrected chi connectivity index (χ2v) is 6.71. The summed E-state index contributed by atoms with van der Waals surface area (Å²) < 4.78 is 0. The average Bonchev–Trinajstić information content (AvgIpc) is 2.25. The zero-order chi connectivity index (χ0) is 15.3. The van der Waals surface area contributed by atoms with Crippen LogP contribution in [0, 0.1) is 6.92 Å². The minimum atomic E-state index is 0.0164. The van der Waals surface area contributed by atoms with Crippen molar-refractivity contribution in [2.45, 2.75) is 12.3 Å². The number of aromatic nitrogens is 1. The molecule has 1 aromatic rings. The topological polar surface area (TPSA) is 22.6 Å². The molecule has 0 amide bonds. The molecule has 0 bridgehead atoms. The number of likely N-dealkylation sites (N-methyl/N-ethyl adjacent to an activating group) is 3. The number of aryl methyl sites for hydroxylation is 1. The van der Waals surface area contributed by atoms with E-state index in [4.69, 9.17) is 4.98 Å². The third-order valence-electron chi connectivity index (χ3n) is 3.32. The summed E-state index contributed by atoms with van der Waals surface area (Å²) in [4.78, 5) is 11.5. The van der Waals surface area contributed by atoms with E-state index in [1.54, 1.807) is 0 Å². The number of hydrogen-bond acceptors (Lipinski definition) is 4. The Morgan fingerprint density at radius 2 is 1.35 bits per heavy atom. The van der Waals surface area contributed by atoms with Crippen LogP contribution in [0.25, 0.3) is 0 Å². The third-order valence-corrected chi connectivity index (χ3v) is 3.32. The fourth-order valence-electron chi connectivity index (χ4n) is 3.04. The lowest BCUT2D eigenvalue weighted by Crippen LogP contribution is -2.51. The van der Waals surface area contributed by atoms with Crippen LogP contribution >= 0.6 is 0 Å². The van der Waals surface area contributed by atoms with E-state index in [2.05, 4.69) is 76.0 Å². The monoisotopic (exact) mass is 278 g/mol. The molecule has 0 unspecified atom stereocenters. The van der Waals surface area contributed by atoms with Crippen LogP contribution in [-0.4, -0.2) is 81.6 Å². The second kappa shape index (κ2) is 7.16. The molecule has 4 nitrogen and oxygen atoms in total. The SMILES string of the molecule is Cc1ccnc(C(CN(C)C)(CN(C)C)CN(C)C)c1. The van der Waals surface area contributed by atoms with Crippen molar-refractivity contribution in [2.75, 3.05) is 61.9 Å². The highest BCUT2D eigenvalue weighted by Crippen LogP contribution is 2.26. The Morgan fingerprint density at radius 3 is 1.70 bits per heavy atom. The molecule has 4 heteroatoms. The third kappa shape index (κ3) is 4.85. The molecule has 0 saturated heterocycles. The molecule has 0 saturated carbocycles. The Hall–Kier alpha value is -0.970. The van der Waals surface area contributed by atoms with Gasteiger partial charge in [-0.1, -0.05) is 0 Å². The summed E-state index contributed by atoms with van der Waals surface area (Å²) in [5.74, 6) is 0. The molecule has 0 aliphatic heterocycles. The maximum Gasteiger partial charge on any atom is 0.0506 e. The van der Waals surface area contributed by atoms with E-state index in [9.17, 15) is 0 Å². The van der Waals surface area contributed by atoms with E-state index in [1.165, 1.54) is 11.3 Å². The van der Waals surface area contributed by atoms with Crippen LogP contribution in [0.2, 0.25) is 0 Å². The van der Waals surface area contributed by atoms with Crippen LogP contribution < -0.4 is 0 Å². The van der Waals surface area contributed by atoms with E-state index in [0.717, 1.165) is 19.6 Å². The largest absolute Gasteiger partial charge is 0.308 e.